The first-order valence-corrected chi connectivity index (χ1v) is 23.5. The molecule has 0 aliphatic heterocycles. The Hall–Kier alpha value is -8.78. The zero-order valence-corrected chi connectivity index (χ0v) is 37.6. The normalized spacial score (nSPS) is 12.2. The second-order valence-electron chi connectivity index (χ2n) is 17.5. The van der Waals surface area contributed by atoms with Gasteiger partial charge in [0, 0.05) is 16.9 Å². The van der Waals surface area contributed by atoms with Gasteiger partial charge in [0.2, 0.25) is 0 Å². The monoisotopic (exact) mass is 865 g/mol. The molecule has 0 spiro atoms. The van der Waals surface area contributed by atoms with Crippen LogP contribution in [0.1, 0.15) is 22.3 Å². The van der Waals surface area contributed by atoms with Gasteiger partial charge in [0.1, 0.15) is 0 Å². The third-order valence-electron chi connectivity index (χ3n) is 13.8. The van der Waals surface area contributed by atoms with Gasteiger partial charge in [0.05, 0.1) is 11.1 Å². The van der Waals surface area contributed by atoms with Crippen LogP contribution < -0.4 is 4.90 Å². The van der Waals surface area contributed by atoms with Crippen molar-refractivity contribution in [3.63, 3.8) is 0 Å². The molecule has 1 nitrogen and oxygen atoms in total. The van der Waals surface area contributed by atoms with E-state index in [0.29, 0.717) is 0 Å². The van der Waals surface area contributed by atoms with Crippen LogP contribution in [0.4, 0.5) is 17.1 Å². The molecule has 0 bridgehead atoms. The molecule has 320 valence electrons. The summed E-state index contributed by atoms with van der Waals surface area (Å²) in [6.45, 7) is 0. The number of fused-ring (bicyclic) bond motifs is 3. The third kappa shape index (κ3) is 6.96. The lowest BCUT2D eigenvalue weighted by molar-refractivity contribution is 0.768. The smallest absolute Gasteiger partial charge is 0.0714 e. The average Bonchev–Trinajstić information content (AvgIpc) is 3.72. The summed E-state index contributed by atoms with van der Waals surface area (Å²) in [4.78, 5) is 2.47. The summed E-state index contributed by atoms with van der Waals surface area (Å²) >= 11 is 0. The fraction of sp³-hybridized carbons (Fsp3) is 0.0149. The van der Waals surface area contributed by atoms with Crippen LogP contribution in [0.2, 0.25) is 0 Å². The van der Waals surface area contributed by atoms with Gasteiger partial charge in [0.25, 0.3) is 0 Å². The molecule has 0 atom stereocenters. The van der Waals surface area contributed by atoms with Crippen LogP contribution in [0.3, 0.4) is 0 Å². The molecular weight excluding hydrogens is 819 g/mol. The number of para-hydroxylation sites is 1. The van der Waals surface area contributed by atoms with Gasteiger partial charge >= 0.3 is 0 Å². The molecule has 1 aliphatic rings. The molecule has 68 heavy (non-hydrogen) atoms. The second kappa shape index (κ2) is 17.5. The number of hydrogen-bond acceptors (Lipinski definition) is 1. The van der Waals surface area contributed by atoms with Crippen molar-refractivity contribution in [2.45, 2.75) is 5.41 Å². The Morgan fingerprint density at radius 3 is 1.09 bits per heavy atom. The van der Waals surface area contributed by atoms with E-state index in [0.717, 1.165) is 33.8 Å². The summed E-state index contributed by atoms with van der Waals surface area (Å²) in [5.41, 5.74) is 22.1. The van der Waals surface area contributed by atoms with E-state index in [1.807, 2.05) is 0 Å². The van der Waals surface area contributed by atoms with Gasteiger partial charge in [-0.2, -0.15) is 0 Å². The lowest BCUT2D eigenvalue weighted by Gasteiger charge is -2.35. The molecule has 1 heteroatoms. The maximum absolute atomic E-state index is 2.52. The van der Waals surface area contributed by atoms with Crippen molar-refractivity contribution < 1.29 is 0 Å². The van der Waals surface area contributed by atoms with Crippen molar-refractivity contribution in [1.82, 2.24) is 0 Å². The second-order valence-corrected chi connectivity index (χ2v) is 17.5. The molecule has 0 N–H and O–H groups in total. The third-order valence-corrected chi connectivity index (χ3v) is 13.8. The number of anilines is 3. The van der Waals surface area contributed by atoms with Gasteiger partial charge in [-0.05, 0) is 120 Å². The first kappa shape index (κ1) is 40.7. The van der Waals surface area contributed by atoms with Gasteiger partial charge in [-0.25, -0.2) is 0 Å². The van der Waals surface area contributed by atoms with Crippen LogP contribution in [-0.2, 0) is 5.41 Å². The first-order chi connectivity index (χ1) is 33.8. The van der Waals surface area contributed by atoms with E-state index in [1.54, 1.807) is 0 Å². The SMILES string of the molecule is c1ccc(-c2cc3c(cc2N(c2ccccc2)c2ccc(-c4c(-c5ccccc5)cccc4-c4ccccc4)cc2)C(c2ccccc2)(c2ccccc2)c2cccc(-c4ccccc4)c2-3)cc1. The predicted octanol–water partition coefficient (Wildman–Crippen LogP) is 17.9. The van der Waals surface area contributed by atoms with E-state index in [9.17, 15) is 0 Å². The summed E-state index contributed by atoms with van der Waals surface area (Å²) < 4.78 is 0. The minimum absolute atomic E-state index is 0.622. The lowest BCUT2D eigenvalue weighted by atomic mass is 9.67. The van der Waals surface area contributed by atoms with Crippen LogP contribution >= 0.6 is 0 Å². The van der Waals surface area contributed by atoms with E-state index < -0.39 is 5.41 Å². The molecule has 0 saturated carbocycles. The summed E-state index contributed by atoms with van der Waals surface area (Å²) in [6, 6.07) is 104. The fourth-order valence-electron chi connectivity index (χ4n) is 10.8. The number of benzene rings is 11. The van der Waals surface area contributed by atoms with E-state index in [1.165, 1.54) is 72.3 Å². The Morgan fingerprint density at radius 2 is 0.618 bits per heavy atom. The van der Waals surface area contributed by atoms with E-state index in [4.69, 9.17) is 0 Å². The molecule has 0 saturated heterocycles. The van der Waals surface area contributed by atoms with Gasteiger partial charge in [-0.3, -0.25) is 0 Å². The Bertz CT molecular complexity index is 3400. The number of hydrogen-bond donors (Lipinski definition) is 0. The highest BCUT2D eigenvalue weighted by Gasteiger charge is 2.48. The van der Waals surface area contributed by atoms with Gasteiger partial charge in [0.15, 0.2) is 0 Å². The summed E-state index contributed by atoms with van der Waals surface area (Å²) in [5, 5.41) is 0. The highest BCUT2D eigenvalue weighted by atomic mass is 15.1. The van der Waals surface area contributed by atoms with Crippen LogP contribution in [0.15, 0.2) is 285 Å². The molecule has 1 aliphatic carbocycles. The van der Waals surface area contributed by atoms with Gasteiger partial charge in [-0.1, -0.05) is 249 Å². The Kier molecular flexibility index (Phi) is 10.5. The zero-order valence-electron chi connectivity index (χ0n) is 37.6. The molecular formula is C67H47N. The van der Waals surface area contributed by atoms with Crippen LogP contribution in [0.5, 0.6) is 0 Å². The largest absolute Gasteiger partial charge is 0.310 e. The van der Waals surface area contributed by atoms with Crippen molar-refractivity contribution in [2.24, 2.45) is 0 Å². The van der Waals surface area contributed by atoms with Crippen molar-refractivity contribution in [1.29, 1.82) is 0 Å². The molecule has 0 amide bonds. The molecule has 11 aromatic carbocycles. The maximum Gasteiger partial charge on any atom is 0.0714 e. The summed E-state index contributed by atoms with van der Waals surface area (Å²) in [6.07, 6.45) is 0. The average molecular weight is 866 g/mol. The molecule has 12 rings (SSSR count). The fourth-order valence-corrected chi connectivity index (χ4v) is 10.8. The van der Waals surface area contributed by atoms with Gasteiger partial charge in [-0.15, -0.1) is 0 Å². The summed E-state index contributed by atoms with van der Waals surface area (Å²) in [5.74, 6) is 0. The Morgan fingerprint density at radius 1 is 0.235 bits per heavy atom. The zero-order chi connectivity index (χ0) is 45.3. The van der Waals surface area contributed by atoms with Crippen LogP contribution in [0, 0.1) is 0 Å². The minimum atomic E-state index is -0.622. The predicted molar refractivity (Wildman–Crippen MR) is 286 cm³/mol. The van der Waals surface area contributed by atoms with Crippen molar-refractivity contribution >= 4 is 17.1 Å². The first-order valence-electron chi connectivity index (χ1n) is 23.5. The van der Waals surface area contributed by atoms with Crippen molar-refractivity contribution in [3.8, 4) is 66.8 Å². The molecule has 0 radical (unpaired) electrons. The molecule has 11 aromatic rings. The highest BCUT2D eigenvalue weighted by molar-refractivity contribution is 6.01. The highest BCUT2D eigenvalue weighted by Crippen LogP contribution is 2.61. The molecule has 0 unspecified atom stereocenters. The van der Waals surface area contributed by atoms with Crippen molar-refractivity contribution in [3.05, 3.63) is 307 Å². The lowest BCUT2D eigenvalue weighted by Crippen LogP contribution is -2.29. The molecule has 0 fully saturated rings. The standard InChI is InChI=1S/C67H47N/c1-8-24-48(25-9-1)57-38-22-39-58(49-26-10-2-11-27-49)65(57)52-42-44-56(45-43-52)68(55-36-20-7-21-37-55)64-47-63-61(46-60(64)51-30-14-4-15-31-51)66-59(50-28-12-3-13-29-50)40-23-41-62(66)67(63,53-32-16-5-17-33-53)54-34-18-6-19-35-54/h1-47H. The van der Waals surface area contributed by atoms with E-state index in [2.05, 4.69) is 290 Å². The quantitative estimate of drug-likeness (QED) is 0.132. The topological polar surface area (TPSA) is 3.24 Å². The van der Waals surface area contributed by atoms with Crippen LogP contribution in [-0.4, -0.2) is 0 Å². The summed E-state index contributed by atoms with van der Waals surface area (Å²) in [7, 11) is 0. The van der Waals surface area contributed by atoms with E-state index >= 15 is 0 Å². The molecule has 0 heterocycles. The van der Waals surface area contributed by atoms with E-state index in [-0.39, 0.29) is 0 Å². The van der Waals surface area contributed by atoms with Crippen molar-refractivity contribution in [2.75, 3.05) is 4.90 Å². The maximum atomic E-state index is 2.52. The number of nitrogens with zero attached hydrogens (tertiary/aromatic N) is 1. The Balaban J connectivity index is 1.14. The Labute approximate surface area is 399 Å². The minimum Gasteiger partial charge on any atom is -0.310 e. The van der Waals surface area contributed by atoms with Crippen LogP contribution in [0.25, 0.3) is 66.8 Å². The molecule has 0 aromatic heterocycles. The van der Waals surface area contributed by atoms with Gasteiger partial charge < -0.3 is 4.90 Å². The number of rotatable bonds is 10.